The van der Waals surface area contributed by atoms with E-state index in [2.05, 4.69) is 4.74 Å². The summed E-state index contributed by atoms with van der Waals surface area (Å²) in [6, 6.07) is 0. The molecule has 3 aliphatic rings. The van der Waals surface area contributed by atoms with Gasteiger partial charge in [-0.3, -0.25) is 9.59 Å². The van der Waals surface area contributed by atoms with E-state index in [1.54, 1.807) is 0 Å². The molecule has 0 radical (unpaired) electrons. The monoisotopic (exact) mass is 328 g/mol. The zero-order valence-corrected chi connectivity index (χ0v) is 11.4. The Bertz CT molecular complexity index is 496. The van der Waals surface area contributed by atoms with Crippen molar-refractivity contribution in [2.75, 3.05) is 0 Å². The summed E-state index contributed by atoms with van der Waals surface area (Å²) in [4.78, 5) is 23.7. The van der Waals surface area contributed by atoms with E-state index in [0.29, 0.717) is 12.8 Å². The third-order valence-corrected chi connectivity index (χ3v) is 4.75. The first-order chi connectivity index (χ1) is 10.00. The summed E-state index contributed by atoms with van der Waals surface area (Å²) in [6.45, 7) is 0.0408. The number of rotatable bonds is 3. The molecule has 0 aromatic carbocycles. The Morgan fingerprint density at radius 3 is 2.45 bits per heavy atom. The van der Waals surface area contributed by atoms with E-state index >= 15 is 0 Å². The highest BCUT2D eigenvalue weighted by Gasteiger charge is 2.66. The Labute approximate surface area is 121 Å². The molecule has 6 unspecified atom stereocenters. The molecule has 2 bridgehead atoms. The second-order valence-corrected chi connectivity index (χ2v) is 6.24. The van der Waals surface area contributed by atoms with Gasteiger partial charge < -0.3 is 9.47 Å². The summed E-state index contributed by atoms with van der Waals surface area (Å²) in [5.41, 5.74) is 0. The SMILES string of the molecule is CC(F)(F)C(OC(=O)C1C2CC3OC(=O)C1C3C2)C(F)(F)F. The lowest BCUT2D eigenvalue weighted by Gasteiger charge is -2.29. The van der Waals surface area contributed by atoms with Crippen molar-refractivity contribution in [3.8, 4) is 0 Å². The normalized spacial score (nSPS) is 38.1. The van der Waals surface area contributed by atoms with Gasteiger partial charge in [-0.15, -0.1) is 0 Å². The van der Waals surface area contributed by atoms with Crippen molar-refractivity contribution in [2.24, 2.45) is 23.7 Å². The molecule has 1 saturated heterocycles. The van der Waals surface area contributed by atoms with Crippen LogP contribution in [-0.2, 0) is 19.1 Å². The summed E-state index contributed by atoms with van der Waals surface area (Å²) in [5, 5.41) is 0. The molecule has 9 heteroatoms. The first kappa shape index (κ1) is 15.5. The van der Waals surface area contributed by atoms with Crippen LogP contribution in [0.2, 0.25) is 0 Å². The lowest BCUT2D eigenvalue weighted by molar-refractivity contribution is -0.275. The quantitative estimate of drug-likeness (QED) is 0.589. The molecule has 124 valence electrons. The van der Waals surface area contributed by atoms with Gasteiger partial charge in [0.2, 0.25) is 0 Å². The van der Waals surface area contributed by atoms with Crippen LogP contribution in [0.15, 0.2) is 0 Å². The van der Waals surface area contributed by atoms with Crippen molar-refractivity contribution in [3.63, 3.8) is 0 Å². The highest BCUT2D eigenvalue weighted by atomic mass is 19.4. The molecule has 22 heavy (non-hydrogen) atoms. The number of carbonyl (C=O) groups is 2. The zero-order chi connectivity index (χ0) is 16.4. The van der Waals surface area contributed by atoms with Crippen LogP contribution < -0.4 is 0 Å². The van der Waals surface area contributed by atoms with Gasteiger partial charge in [0.1, 0.15) is 6.10 Å². The number of halogens is 5. The largest absolute Gasteiger partial charge is 0.462 e. The third kappa shape index (κ3) is 2.25. The van der Waals surface area contributed by atoms with Gasteiger partial charge in [0.25, 0.3) is 12.0 Å². The van der Waals surface area contributed by atoms with Crippen LogP contribution >= 0.6 is 0 Å². The number of alkyl halides is 5. The molecule has 2 aliphatic carbocycles. The number of hydrogen-bond acceptors (Lipinski definition) is 4. The number of ether oxygens (including phenoxy) is 2. The summed E-state index contributed by atoms with van der Waals surface area (Å²) in [7, 11) is 0. The van der Waals surface area contributed by atoms with E-state index < -0.39 is 42.0 Å². The molecule has 4 nitrogen and oxygen atoms in total. The summed E-state index contributed by atoms with van der Waals surface area (Å²) in [5.74, 6) is -8.86. The van der Waals surface area contributed by atoms with E-state index in [1.165, 1.54) is 0 Å². The predicted molar refractivity (Wildman–Crippen MR) is 59.6 cm³/mol. The van der Waals surface area contributed by atoms with Crippen molar-refractivity contribution < 1.29 is 41.0 Å². The number of hydrogen-bond donors (Lipinski definition) is 0. The Balaban J connectivity index is 1.79. The van der Waals surface area contributed by atoms with Gasteiger partial charge in [0, 0.05) is 12.8 Å². The van der Waals surface area contributed by atoms with Gasteiger partial charge in [-0.2, -0.15) is 13.2 Å². The fraction of sp³-hybridized carbons (Fsp3) is 0.846. The van der Waals surface area contributed by atoms with E-state index in [9.17, 15) is 31.5 Å². The first-order valence-electron chi connectivity index (χ1n) is 6.85. The van der Waals surface area contributed by atoms with E-state index in [-0.39, 0.29) is 24.9 Å². The second-order valence-electron chi connectivity index (χ2n) is 6.24. The third-order valence-electron chi connectivity index (χ3n) is 4.75. The van der Waals surface area contributed by atoms with Crippen LogP contribution in [0.25, 0.3) is 0 Å². The maximum absolute atomic E-state index is 13.1. The molecule has 3 fully saturated rings. The van der Waals surface area contributed by atoms with Crippen LogP contribution in [0.1, 0.15) is 19.8 Å². The average Bonchev–Trinajstić information content (AvgIpc) is 2.93. The fourth-order valence-electron chi connectivity index (χ4n) is 3.98. The fourth-order valence-corrected chi connectivity index (χ4v) is 3.98. The standard InChI is InChI=1S/C13H13F5O4/c1-12(14,15)11(13(16,17)18)22-9(19)7-4-2-5-6(3-4)21-10(20)8(5)7/h4-8,11H,2-3H2,1H3. The van der Waals surface area contributed by atoms with Crippen LogP contribution in [0.5, 0.6) is 0 Å². The minimum atomic E-state index is -5.38. The molecule has 3 rings (SSSR count). The van der Waals surface area contributed by atoms with Crippen molar-refractivity contribution in [1.82, 2.24) is 0 Å². The van der Waals surface area contributed by atoms with Crippen LogP contribution in [0.3, 0.4) is 0 Å². The first-order valence-corrected chi connectivity index (χ1v) is 6.85. The van der Waals surface area contributed by atoms with Gasteiger partial charge >= 0.3 is 18.1 Å². The minimum absolute atomic E-state index is 0.0408. The highest BCUT2D eigenvalue weighted by Crippen LogP contribution is 2.58. The maximum atomic E-state index is 13.1. The molecular formula is C13H13F5O4. The van der Waals surface area contributed by atoms with Gasteiger partial charge in [-0.25, -0.2) is 8.78 Å². The van der Waals surface area contributed by atoms with Crippen LogP contribution in [-0.4, -0.2) is 36.2 Å². The zero-order valence-electron chi connectivity index (χ0n) is 11.4. The molecule has 6 atom stereocenters. The molecule has 0 amide bonds. The highest BCUT2D eigenvalue weighted by molar-refractivity contribution is 5.85. The van der Waals surface area contributed by atoms with Gasteiger partial charge in [-0.05, 0) is 18.8 Å². The van der Waals surface area contributed by atoms with Gasteiger partial charge in [-0.1, -0.05) is 0 Å². The maximum Gasteiger partial charge on any atom is 0.431 e. The van der Waals surface area contributed by atoms with Crippen LogP contribution in [0.4, 0.5) is 22.0 Å². The number of carbonyl (C=O) groups excluding carboxylic acids is 2. The average molecular weight is 328 g/mol. The summed E-state index contributed by atoms with van der Waals surface area (Å²) < 4.78 is 73.3. The molecular weight excluding hydrogens is 315 g/mol. The van der Waals surface area contributed by atoms with Crippen molar-refractivity contribution in [3.05, 3.63) is 0 Å². The molecule has 0 spiro atoms. The van der Waals surface area contributed by atoms with Gasteiger partial charge in [0.15, 0.2) is 0 Å². The van der Waals surface area contributed by atoms with Crippen LogP contribution in [0, 0.1) is 23.7 Å². The lowest BCUT2D eigenvalue weighted by Crippen LogP contribution is -2.48. The van der Waals surface area contributed by atoms with E-state index in [4.69, 9.17) is 4.74 Å². The molecule has 2 saturated carbocycles. The molecule has 0 aromatic rings. The lowest BCUT2D eigenvalue weighted by atomic mass is 9.80. The van der Waals surface area contributed by atoms with Gasteiger partial charge in [0.05, 0.1) is 11.8 Å². The Morgan fingerprint density at radius 2 is 1.91 bits per heavy atom. The minimum Gasteiger partial charge on any atom is -0.462 e. The molecule has 0 aromatic heterocycles. The summed E-state index contributed by atoms with van der Waals surface area (Å²) in [6.07, 6.45) is -8.37. The van der Waals surface area contributed by atoms with Crippen molar-refractivity contribution in [1.29, 1.82) is 0 Å². The summed E-state index contributed by atoms with van der Waals surface area (Å²) >= 11 is 0. The Morgan fingerprint density at radius 1 is 1.27 bits per heavy atom. The Hall–Kier alpha value is -1.41. The van der Waals surface area contributed by atoms with Crippen molar-refractivity contribution in [2.45, 2.75) is 44.1 Å². The Kier molecular flexibility index (Phi) is 3.20. The number of esters is 2. The molecule has 1 heterocycles. The van der Waals surface area contributed by atoms with E-state index in [1.807, 2.05) is 0 Å². The molecule has 0 N–H and O–H groups in total. The van der Waals surface area contributed by atoms with Crippen molar-refractivity contribution >= 4 is 11.9 Å². The van der Waals surface area contributed by atoms with E-state index in [0.717, 1.165) is 0 Å². The topological polar surface area (TPSA) is 52.6 Å². The predicted octanol–water partition coefficient (Wildman–Crippen LogP) is 2.31. The second kappa shape index (κ2) is 4.55. The molecule has 1 aliphatic heterocycles. The number of fused-ring (bicyclic) bond motifs is 1. The smallest absolute Gasteiger partial charge is 0.431 e.